The number of para-hydroxylation sites is 1. The number of aromatic nitrogens is 2. The van der Waals surface area contributed by atoms with Crippen molar-refractivity contribution in [2.75, 3.05) is 52.5 Å². The second-order valence-corrected chi connectivity index (χ2v) is 14.7. The van der Waals surface area contributed by atoms with Crippen molar-refractivity contribution < 1.29 is 43.0 Å². The summed E-state index contributed by atoms with van der Waals surface area (Å²) in [5.41, 5.74) is 4.61. The third-order valence-electron chi connectivity index (χ3n) is 10.0. The van der Waals surface area contributed by atoms with E-state index >= 15 is 0 Å². The molecule has 2 atom stereocenters. The number of benzene rings is 1. The van der Waals surface area contributed by atoms with Gasteiger partial charge in [0.05, 0.1) is 12.3 Å². The van der Waals surface area contributed by atoms with Gasteiger partial charge in [-0.05, 0) is 77.8 Å². The number of carbonyl (C=O) groups is 6. The number of nitrogens with one attached hydrogen (secondary N) is 2. The van der Waals surface area contributed by atoms with Gasteiger partial charge in [-0.25, -0.2) is 14.3 Å². The van der Waals surface area contributed by atoms with E-state index in [4.69, 9.17) is 19.9 Å². The van der Waals surface area contributed by atoms with Gasteiger partial charge in [0.15, 0.2) is 12.3 Å². The van der Waals surface area contributed by atoms with Crippen LogP contribution in [0.15, 0.2) is 36.4 Å². The van der Waals surface area contributed by atoms with Crippen LogP contribution in [-0.4, -0.2) is 130 Å². The van der Waals surface area contributed by atoms with E-state index < -0.39 is 59.6 Å². The van der Waals surface area contributed by atoms with E-state index in [0.717, 1.165) is 19.3 Å². The maximum absolute atomic E-state index is 13.9. The minimum atomic E-state index is -1.09. The molecule has 5 rings (SSSR count). The van der Waals surface area contributed by atoms with Gasteiger partial charge in [-0.1, -0.05) is 24.6 Å². The Kier molecular flexibility index (Phi) is 12.7. The van der Waals surface area contributed by atoms with Crippen molar-refractivity contribution in [3.63, 3.8) is 0 Å². The third kappa shape index (κ3) is 9.23. The first-order valence-electron chi connectivity index (χ1n) is 18.6. The van der Waals surface area contributed by atoms with Gasteiger partial charge in [-0.15, -0.1) is 0 Å². The lowest BCUT2D eigenvalue weighted by atomic mass is 9.69. The Balaban J connectivity index is 1.32. The molecular formula is C37H52N8O9. The van der Waals surface area contributed by atoms with Crippen molar-refractivity contribution in [3.8, 4) is 11.6 Å². The highest BCUT2D eigenvalue weighted by atomic mass is 16.6. The van der Waals surface area contributed by atoms with Gasteiger partial charge in [-0.2, -0.15) is 5.10 Å². The number of likely N-dealkylation sites (tertiary alicyclic amines) is 1. The van der Waals surface area contributed by atoms with Crippen LogP contribution in [0.3, 0.4) is 0 Å². The number of ether oxygens (including phenoxy) is 3. The molecule has 2 aromatic rings. The molecule has 17 nitrogen and oxygen atoms in total. The summed E-state index contributed by atoms with van der Waals surface area (Å²) in [6.07, 6.45) is 2.71. The Morgan fingerprint density at radius 2 is 1.67 bits per heavy atom. The Morgan fingerprint density at radius 1 is 0.981 bits per heavy atom. The number of hydrogen-bond acceptors (Lipinski definition) is 10. The summed E-state index contributed by atoms with van der Waals surface area (Å²) in [4.78, 5) is 83.3. The van der Waals surface area contributed by atoms with E-state index in [1.54, 1.807) is 61.8 Å². The van der Waals surface area contributed by atoms with E-state index in [0.29, 0.717) is 25.1 Å². The first-order chi connectivity index (χ1) is 25.7. The lowest BCUT2D eigenvalue weighted by Crippen LogP contribution is -2.62. The number of amides is 6. The van der Waals surface area contributed by atoms with Gasteiger partial charge < -0.3 is 45.3 Å². The number of hydrogen-bond donors (Lipinski definition) is 3. The number of nitrogens with zero attached hydrogens (tertiary/aromatic N) is 5. The second kappa shape index (κ2) is 17.2. The molecule has 6 amide bonds. The van der Waals surface area contributed by atoms with Gasteiger partial charge in [0.25, 0.3) is 11.8 Å². The Labute approximate surface area is 314 Å². The molecule has 0 bridgehead atoms. The Morgan fingerprint density at radius 3 is 2.28 bits per heavy atom. The zero-order chi connectivity index (χ0) is 39.0. The minimum Gasteiger partial charge on any atom is -0.467 e. The van der Waals surface area contributed by atoms with Crippen LogP contribution in [0, 0.1) is 5.92 Å². The summed E-state index contributed by atoms with van der Waals surface area (Å²) < 4.78 is 17.8. The number of nitrogens with two attached hydrogens (primary N) is 1. The van der Waals surface area contributed by atoms with Gasteiger partial charge in [0, 0.05) is 45.3 Å². The topological polar surface area (TPSA) is 208 Å². The van der Waals surface area contributed by atoms with Crippen molar-refractivity contribution in [2.45, 2.75) is 83.4 Å². The summed E-state index contributed by atoms with van der Waals surface area (Å²) in [6, 6.07) is 9.18. The van der Waals surface area contributed by atoms with Crippen LogP contribution in [0.5, 0.6) is 5.88 Å². The molecule has 3 heterocycles. The molecule has 1 aromatic heterocycles. The van der Waals surface area contributed by atoms with Crippen molar-refractivity contribution >= 4 is 35.8 Å². The second-order valence-electron chi connectivity index (χ2n) is 14.7. The summed E-state index contributed by atoms with van der Waals surface area (Å²) in [5.74, 6) is -1.88. The number of primary amides is 1. The number of alkyl carbamates (subject to hydrolysis) is 1. The maximum Gasteiger partial charge on any atom is 0.409 e. The summed E-state index contributed by atoms with van der Waals surface area (Å²) in [5, 5.41) is 9.89. The predicted molar refractivity (Wildman–Crippen MR) is 195 cm³/mol. The molecule has 54 heavy (non-hydrogen) atoms. The number of piperazine rings is 1. The van der Waals surface area contributed by atoms with Crippen LogP contribution in [0.2, 0.25) is 0 Å². The van der Waals surface area contributed by atoms with E-state index in [2.05, 4.69) is 15.7 Å². The average molecular weight is 753 g/mol. The normalized spacial score (nSPS) is 19.4. The molecule has 4 N–H and O–H groups in total. The Bertz CT molecular complexity index is 1680. The molecular weight excluding hydrogens is 700 g/mol. The fourth-order valence-corrected chi connectivity index (χ4v) is 7.17. The zero-order valence-electron chi connectivity index (χ0n) is 31.5. The van der Waals surface area contributed by atoms with Gasteiger partial charge in [0.2, 0.25) is 17.7 Å². The molecule has 17 heteroatoms. The fourth-order valence-electron chi connectivity index (χ4n) is 7.17. The van der Waals surface area contributed by atoms with Crippen molar-refractivity contribution in [2.24, 2.45) is 11.7 Å². The van der Waals surface area contributed by atoms with Crippen LogP contribution in [0.1, 0.15) is 76.7 Å². The fraction of sp³-hybridized carbons (Fsp3) is 0.595. The van der Waals surface area contributed by atoms with E-state index in [-0.39, 0.29) is 63.2 Å². The van der Waals surface area contributed by atoms with E-state index in [1.165, 1.54) is 15.6 Å². The molecule has 1 saturated carbocycles. The predicted octanol–water partition coefficient (Wildman–Crippen LogP) is 2.21. The van der Waals surface area contributed by atoms with Gasteiger partial charge in [-0.3, -0.25) is 19.2 Å². The molecule has 0 unspecified atom stereocenters. The Hall–Kier alpha value is -5.35. The standard InChI is InChI=1S/C37H52N8O9/c1-5-52-35(51)43-21-19-42(20-22-43)32(48)27(15-17-39-34(50)54-36(2,3)4)40-31(47)28-23-30(45(41-28)26-13-7-6-8-14-26)53-24-29(46)44-18-10-16-37(44,33(38)49)25-11-9-12-25/h6-8,13-14,23,25,27H,5,9-12,15-22,24H2,1-4H3,(H2,38,49)(H,39,50)(H,40,47)/t27-,37-/m0/s1. The summed E-state index contributed by atoms with van der Waals surface area (Å²) in [6.45, 7) is 8.05. The highest BCUT2D eigenvalue weighted by molar-refractivity contribution is 5.96. The highest BCUT2D eigenvalue weighted by Crippen LogP contribution is 2.45. The first-order valence-corrected chi connectivity index (χ1v) is 18.6. The van der Waals surface area contributed by atoms with Crippen LogP contribution in [0.4, 0.5) is 9.59 Å². The molecule has 294 valence electrons. The van der Waals surface area contributed by atoms with Crippen molar-refractivity contribution in [3.05, 3.63) is 42.1 Å². The van der Waals surface area contributed by atoms with Crippen LogP contribution in [-0.2, 0) is 23.9 Å². The smallest absolute Gasteiger partial charge is 0.409 e. The molecule has 2 aliphatic heterocycles. The van der Waals surface area contributed by atoms with E-state index in [1.807, 2.05) is 6.07 Å². The van der Waals surface area contributed by atoms with Gasteiger partial charge >= 0.3 is 12.2 Å². The van der Waals surface area contributed by atoms with Gasteiger partial charge in [0.1, 0.15) is 17.2 Å². The van der Waals surface area contributed by atoms with Crippen LogP contribution < -0.4 is 21.1 Å². The average Bonchev–Trinajstić information content (AvgIpc) is 3.75. The molecule has 2 saturated heterocycles. The lowest BCUT2D eigenvalue weighted by molar-refractivity contribution is -0.150. The minimum absolute atomic E-state index is 0.00741. The molecule has 1 aromatic carbocycles. The zero-order valence-corrected chi connectivity index (χ0v) is 31.5. The highest BCUT2D eigenvalue weighted by Gasteiger charge is 2.55. The quantitative estimate of drug-likeness (QED) is 0.272. The summed E-state index contributed by atoms with van der Waals surface area (Å²) >= 11 is 0. The largest absolute Gasteiger partial charge is 0.467 e. The number of rotatable bonds is 13. The maximum atomic E-state index is 13.9. The molecule has 0 spiro atoms. The molecule has 3 fully saturated rings. The van der Waals surface area contributed by atoms with Crippen LogP contribution >= 0.6 is 0 Å². The monoisotopic (exact) mass is 752 g/mol. The van der Waals surface area contributed by atoms with Crippen LogP contribution in [0.25, 0.3) is 5.69 Å². The molecule has 3 aliphatic rings. The number of carbonyl (C=O) groups excluding carboxylic acids is 6. The molecule has 0 radical (unpaired) electrons. The third-order valence-corrected chi connectivity index (χ3v) is 10.0. The molecule has 1 aliphatic carbocycles. The van der Waals surface area contributed by atoms with E-state index in [9.17, 15) is 28.8 Å². The summed E-state index contributed by atoms with van der Waals surface area (Å²) in [7, 11) is 0. The van der Waals surface area contributed by atoms with Crippen molar-refractivity contribution in [1.82, 2.24) is 35.1 Å². The first kappa shape index (κ1) is 39.8. The lowest BCUT2D eigenvalue weighted by Gasteiger charge is -2.46. The van der Waals surface area contributed by atoms with Crippen molar-refractivity contribution in [1.29, 1.82) is 0 Å². The SMILES string of the molecule is CCOC(=O)N1CCN(C(=O)[C@H](CCNC(=O)OC(C)(C)C)NC(=O)c2cc(OCC(=O)N3CCC[C@@]3(C(N)=O)C3CCC3)n(-c3ccccc3)n2)CC1.